The van der Waals surface area contributed by atoms with Gasteiger partial charge in [0.25, 0.3) is 6.04 Å². The monoisotopic (exact) mass is 239 g/mol. The average molecular weight is 239 g/mol. The summed E-state index contributed by atoms with van der Waals surface area (Å²) >= 11 is 0. The van der Waals surface area contributed by atoms with Gasteiger partial charge in [0.15, 0.2) is 0 Å². The lowest BCUT2D eigenvalue weighted by Gasteiger charge is -2.27. The Balaban J connectivity index is 2.65. The Morgan fingerprint density at radius 3 is 2.82 bits per heavy atom. The zero-order chi connectivity index (χ0) is 13.1. The molecule has 0 aliphatic carbocycles. The molecular weight excluding hydrogens is 222 g/mol. The highest BCUT2D eigenvalue weighted by Crippen LogP contribution is 2.25. The normalized spacial score (nSPS) is 24.7. The Bertz CT molecular complexity index is 356. The predicted molar refractivity (Wildman–Crippen MR) is 59.9 cm³/mol. The summed E-state index contributed by atoms with van der Waals surface area (Å²) in [6.07, 6.45) is 0.0122. The SMILES string of the molecule is [C-]#[N+]C1CC(=O)OCC1OC(=O)C(C)(C)CC. The molecule has 0 radical (unpaired) electrons. The van der Waals surface area contributed by atoms with Crippen LogP contribution in [0.3, 0.4) is 0 Å². The molecule has 0 bridgehead atoms. The molecule has 94 valence electrons. The third-order valence-electron chi connectivity index (χ3n) is 3.07. The third-order valence-corrected chi connectivity index (χ3v) is 3.07. The van der Waals surface area contributed by atoms with Crippen LogP contribution in [0, 0.1) is 12.0 Å². The van der Waals surface area contributed by atoms with Crippen LogP contribution >= 0.6 is 0 Å². The molecule has 1 aliphatic rings. The van der Waals surface area contributed by atoms with Crippen molar-refractivity contribution in [1.29, 1.82) is 0 Å². The fraction of sp³-hybridized carbons (Fsp3) is 0.750. The van der Waals surface area contributed by atoms with Crippen molar-refractivity contribution in [1.82, 2.24) is 0 Å². The average Bonchev–Trinajstić information content (AvgIpc) is 2.31. The summed E-state index contributed by atoms with van der Waals surface area (Å²) in [6, 6.07) is -0.618. The summed E-state index contributed by atoms with van der Waals surface area (Å²) in [5.41, 5.74) is -0.575. The smallest absolute Gasteiger partial charge is 0.314 e. The minimum atomic E-state index is -0.636. The molecule has 1 heterocycles. The van der Waals surface area contributed by atoms with Crippen LogP contribution in [0.4, 0.5) is 0 Å². The van der Waals surface area contributed by atoms with Crippen LogP contribution in [-0.4, -0.2) is 30.7 Å². The molecule has 1 rings (SSSR count). The van der Waals surface area contributed by atoms with Gasteiger partial charge in [-0.15, -0.1) is 0 Å². The van der Waals surface area contributed by atoms with E-state index < -0.39 is 23.5 Å². The van der Waals surface area contributed by atoms with Crippen LogP contribution in [0.15, 0.2) is 0 Å². The summed E-state index contributed by atoms with van der Waals surface area (Å²) in [7, 11) is 0. The van der Waals surface area contributed by atoms with Crippen LogP contribution < -0.4 is 0 Å². The maximum Gasteiger partial charge on any atom is 0.314 e. The number of ether oxygens (including phenoxy) is 2. The van der Waals surface area contributed by atoms with Crippen LogP contribution in [0.5, 0.6) is 0 Å². The number of hydrogen-bond acceptors (Lipinski definition) is 4. The Morgan fingerprint density at radius 2 is 2.29 bits per heavy atom. The Hall–Kier alpha value is -1.57. The second-order valence-electron chi connectivity index (χ2n) is 4.76. The van der Waals surface area contributed by atoms with Gasteiger partial charge in [-0.1, -0.05) is 6.92 Å². The first-order chi connectivity index (χ1) is 7.90. The molecule has 0 spiro atoms. The van der Waals surface area contributed by atoms with Gasteiger partial charge in [-0.3, -0.25) is 9.59 Å². The Labute approximate surface area is 101 Å². The number of hydrogen-bond donors (Lipinski definition) is 0. The van der Waals surface area contributed by atoms with Gasteiger partial charge in [0, 0.05) is 0 Å². The molecule has 0 saturated carbocycles. The summed E-state index contributed by atoms with van der Waals surface area (Å²) in [6.45, 7) is 12.4. The molecule has 1 fully saturated rings. The first-order valence-electron chi connectivity index (χ1n) is 5.64. The van der Waals surface area contributed by atoms with Crippen LogP contribution in [0.25, 0.3) is 4.85 Å². The summed E-state index contributed by atoms with van der Waals surface area (Å²) in [4.78, 5) is 26.2. The standard InChI is InChI=1S/C12H17NO4/c1-5-12(2,3)11(15)17-9-7-16-10(14)6-8(9)13-4/h8-9H,5-7H2,1-3H3. The molecule has 1 saturated heterocycles. The van der Waals surface area contributed by atoms with Crippen molar-refractivity contribution < 1.29 is 19.1 Å². The van der Waals surface area contributed by atoms with E-state index in [1.54, 1.807) is 13.8 Å². The molecule has 17 heavy (non-hydrogen) atoms. The molecule has 0 N–H and O–H groups in total. The zero-order valence-corrected chi connectivity index (χ0v) is 10.4. The number of carbonyl (C=O) groups is 2. The van der Waals surface area contributed by atoms with Gasteiger partial charge in [-0.2, -0.15) is 0 Å². The van der Waals surface area contributed by atoms with E-state index in [9.17, 15) is 9.59 Å². The lowest BCUT2D eigenvalue weighted by Crippen LogP contribution is -2.43. The van der Waals surface area contributed by atoms with E-state index in [0.29, 0.717) is 6.42 Å². The maximum absolute atomic E-state index is 11.8. The van der Waals surface area contributed by atoms with Gasteiger partial charge in [0.05, 0.1) is 5.41 Å². The number of esters is 2. The number of rotatable bonds is 3. The second-order valence-corrected chi connectivity index (χ2v) is 4.76. The largest absolute Gasteiger partial charge is 0.461 e. The summed E-state index contributed by atoms with van der Waals surface area (Å²) < 4.78 is 10.1. The first-order valence-corrected chi connectivity index (χ1v) is 5.64. The fourth-order valence-electron chi connectivity index (χ4n) is 1.33. The summed E-state index contributed by atoms with van der Waals surface area (Å²) in [5, 5.41) is 0. The molecule has 0 aromatic carbocycles. The van der Waals surface area contributed by atoms with E-state index in [-0.39, 0.29) is 19.0 Å². The van der Waals surface area contributed by atoms with E-state index >= 15 is 0 Å². The number of cyclic esters (lactones) is 1. The van der Waals surface area contributed by atoms with Crippen molar-refractivity contribution in [3.8, 4) is 0 Å². The van der Waals surface area contributed by atoms with Gasteiger partial charge in [0.2, 0.25) is 6.10 Å². The summed E-state index contributed by atoms with van der Waals surface area (Å²) in [5.74, 6) is -0.760. The van der Waals surface area contributed by atoms with Crippen molar-refractivity contribution in [3.05, 3.63) is 11.4 Å². The molecular formula is C12H17NO4. The molecule has 5 heteroatoms. The maximum atomic E-state index is 11.8. The van der Waals surface area contributed by atoms with Crippen LogP contribution in [0.1, 0.15) is 33.6 Å². The highest BCUT2D eigenvalue weighted by molar-refractivity contribution is 5.76. The number of nitrogens with zero attached hydrogens (tertiary/aromatic N) is 1. The van der Waals surface area contributed by atoms with Crippen LogP contribution in [-0.2, 0) is 19.1 Å². The number of carbonyl (C=O) groups excluding carboxylic acids is 2. The van der Waals surface area contributed by atoms with E-state index in [0.717, 1.165) is 0 Å². The van der Waals surface area contributed by atoms with Crippen LogP contribution in [0.2, 0.25) is 0 Å². The lowest BCUT2D eigenvalue weighted by molar-refractivity contribution is -0.173. The molecule has 0 aromatic rings. The van der Waals surface area contributed by atoms with Gasteiger partial charge in [-0.25, -0.2) is 6.57 Å². The minimum Gasteiger partial charge on any atom is -0.461 e. The van der Waals surface area contributed by atoms with Crippen molar-refractivity contribution in [2.45, 2.75) is 45.8 Å². The molecule has 0 amide bonds. The quantitative estimate of drug-likeness (QED) is 0.554. The van der Waals surface area contributed by atoms with E-state index in [1.165, 1.54) is 0 Å². The van der Waals surface area contributed by atoms with E-state index in [1.807, 2.05) is 6.92 Å². The highest BCUT2D eigenvalue weighted by Gasteiger charge is 2.40. The van der Waals surface area contributed by atoms with Crippen molar-refractivity contribution in [2.75, 3.05) is 6.61 Å². The van der Waals surface area contributed by atoms with Crippen molar-refractivity contribution in [2.24, 2.45) is 5.41 Å². The molecule has 2 atom stereocenters. The molecule has 1 aliphatic heterocycles. The lowest BCUT2D eigenvalue weighted by atomic mass is 9.90. The van der Waals surface area contributed by atoms with Crippen molar-refractivity contribution >= 4 is 11.9 Å². The van der Waals surface area contributed by atoms with Gasteiger partial charge >= 0.3 is 11.9 Å². The van der Waals surface area contributed by atoms with Gasteiger partial charge in [-0.05, 0) is 20.3 Å². The second kappa shape index (κ2) is 5.17. The van der Waals surface area contributed by atoms with Crippen molar-refractivity contribution in [3.63, 3.8) is 0 Å². The van der Waals surface area contributed by atoms with E-state index in [2.05, 4.69) is 4.85 Å². The topological polar surface area (TPSA) is 57.0 Å². The van der Waals surface area contributed by atoms with Gasteiger partial charge < -0.3 is 14.3 Å². The Morgan fingerprint density at radius 1 is 1.65 bits per heavy atom. The minimum absolute atomic E-state index is 0.00595. The Kier molecular flexibility index (Phi) is 4.11. The first kappa shape index (κ1) is 13.5. The third kappa shape index (κ3) is 3.19. The fourth-order valence-corrected chi connectivity index (χ4v) is 1.33. The molecule has 5 nitrogen and oxygen atoms in total. The molecule has 0 aromatic heterocycles. The van der Waals surface area contributed by atoms with Gasteiger partial charge in [0.1, 0.15) is 13.0 Å². The molecule has 2 unspecified atom stereocenters. The zero-order valence-electron chi connectivity index (χ0n) is 10.4. The predicted octanol–water partition coefficient (Wildman–Crippen LogP) is 1.57. The highest BCUT2D eigenvalue weighted by atomic mass is 16.6. The van der Waals surface area contributed by atoms with E-state index in [4.69, 9.17) is 16.0 Å².